The van der Waals surface area contributed by atoms with Gasteiger partial charge in [-0.15, -0.1) is 0 Å². The second kappa shape index (κ2) is 9.49. The lowest BCUT2D eigenvalue weighted by Crippen LogP contribution is -2.46. The average molecular weight is 399 g/mol. The number of likely N-dealkylation sites (tertiary alicyclic amines) is 1. The fraction of sp³-hybridized carbons (Fsp3) is 0.652. The van der Waals surface area contributed by atoms with Crippen LogP contribution in [0.1, 0.15) is 52.0 Å². The molecule has 0 spiro atoms. The number of carbonyl (C=O) groups excluding carboxylic acids is 1. The number of para-hydroxylation sites is 1. The van der Waals surface area contributed by atoms with Gasteiger partial charge in [-0.3, -0.25) is 0 Å². The standard InChI is InChI=1S/C23H34N4O2/c1-23(2,3)29-22(28)27-12-8-18(9-13-27)17-25-20-10-14-26(15-11-20)21-7-5-4-6-19(21)16-24/h4-7,18,20,25H,8-15,17H2,1-3H3. The van der Waals surface area contributed by atoms with Crippen LogP contribution >= 0.6 is 0 Å². The summed E-state index contributed by atoms with van der Waals surface area (Å²) >= 11 is 0. The zero-order valence-corrected chi connectivity index (χ0v) is 18.0. The van der Waals surface area contributed by atoms with Gasteiger partial charge in [0.25, 0.3) is 0 Å². The number of hydrogen-bond acceptors (Lipinski definition) is 5. The van der Waals surface area contributed by atoms with Crippen molar-refractivity contribution in [1.29, 1.82) is 5.26 Å². The van der Waals surface area contributed by atoms with E-state index in [1.807, 2.05) is 49.9 Å². The topological polar surface area (TPSA) is 68.6 Å². The van der Waals surface area contributed by atoms with Crippen LogP contribution in [0.4, 0.5) is 10.5 Å². The summed E-state index contributed by atoms with van der Waals surface area (Å²) in [5, 5.41) is 13.1. The maximum atomic E-state index is 12.2. The molecule has 2 fully saturated rings. The van der Waals surface area contributed by atoms with E-state index in [2.05, 4.69) is 16.3 Å². The minimum Gasteiger partial charge on any atom is -0.444 e. The highest BCUT2D eigenvalue weighted by atomic mass is 16.6. The second-order valence-electron chi connectivity index (χ2n) is 9.21. The molecule has 0 unspecified atom stereocenters. The van der Waals surface area contributed by atoms with Gasteiger partial charge < -0.3 is 19.9 Å². The van der Waals surface area contributed by atoms with Crippen molar-refractivity contribution >= 4 is 11.8 Å². The molecule has 158 valence electrons. The molecule has 2 aliphatic rings. The van der Waals surface area contributed by atoms with Crippen molar-refractivity contribution < 1.29 is 9.53 Å². The summed E-state index contributed by atoms with van der Waals surface area (Å²) in [5.74, 6) is 0.617. The average Bonchev–Trinajstić information content (AvgIpc) is 2.72. The highest BCUT2D eigenvalue weighted by molar-refractivity contribution is 5.68. The minimum absolute atomic E-state index is 0.186. The molecule has 1 aromatic rings. The third kappa shape index (κ3) is 6.11. The van der Waals surface area contributed by atoms with Crippen molar-refractivity contribution in [2.75, 3.05) is 37.6 Å². The molecular weight excluding hydrogens is 364 g/mol. The molecule has 0 aromatic heterocycles. The summed E-state index contributed by atoms with van der Waals surface area (Å²) in [4.78, 5) is 16.4. The van der Waals surface area contributed by atoms with Crippen molar-refractivity contribution in [3.63, 3.8) is 0 Å². The van der Waals surface area contributed by atoms with E-state index in [4.69, 9.17) is 4.74 Å². The van der Waals surface area contributed by atoms with E-state index in [9.17, 15) is 10.1 Å². The largest absolute Gasteiger partial charge is 0.444 e. The van der Waals surface area contributed by atoms with E-state index in [1.54, 1.807) is 0 Å². The summed E-state index contributed by atoms with van der Waals surface area (Å²) in [6, 6.07) is 10.7. The zero-order chi connectivity index (χ0) is 20.9. The van der Waals surface area contributed by atoms with Gasteiger partial charge in [0.2, 0.25) is 0 Å². The highest BCUT2D eigenvalue weighted by Gasteiger charge is 2.27. The number of nitrogens with zero attached hydrogens (tertiary/aromatic N) is 3. The predicted octanol–water partition coefficient (Wildman–Crippen LogP) is 3.76. The van der Waals surface area contributed by atoms with Crippen molar-refractivity contribution in [3.8, 4) is 6.07 Å². The van der Waals surface area contributed by atoms with Gasteiger partial charge in [-0.1, -0.05) is 12.1 Å². The zero-order valence-electron chi connectivity index (χ0n) is 18.0. The molecule has 1 aromatic carbocycles. The first-order valence-corrected chi connectivity index (χ1v) is 10.8. The van der Waals surface area contributed by atoms with Crippen molar-refractivity contribution in [2.24, 2.45) is 5.92 Å². The normalized spacial score (nSPS) is 19.1. The maximum Gasteiger partial charge on any atom is 0.410 e. The quantitative estimate of drug-likeness (QED) is 0.836. The first-order valence-electron chi connectivity index (χ1n) is 10.8. The number of amides is 1. The Kier molecular flexibility index (Phi) is 7.02. The smallest absolute Gasteiger partial charge is 0.410 e. The number of rotatable bonds is 4. The van der Waals surface area contributed by atoms with Gasteiger partial charge in [0.15, 0.2) is 0 Å². The van der Waals surface area contributed by atoms with Gasteiger partial charge in [0.05, 0.1) is 11.3 Å². The molecule has 2 heterocycles. The first kappa shape index (κ1) is 21.4. The van der Waals surface area contributed by atoms with E-state index in [1.165, 1.54) is 0 Å². The van der Waals surface area contributed by atoms with Gasteiger partial charge in [0.1, 0.15) is 11.7 Å². The second-order valence-corrected chi connectivity index (χ2v) is 9.21. The van der Waals surface area contributed by atoms with E-state index in [0.717, 1.165) is 69.7 Å². The number of anilines is 1. The summed E-state index contributed by atoms with van der Waals surface area (Å²) in [7, 11) is 0. The van der Waals surface area contributed by atoms with Crippen LogP contribution in [0.2, 0.25) is 0 Å². The van der Waals surface area contributed by atoms with Crippen LogP contribution < -0.4 is 10.2 Å². The Hall–Kier alpha value is -2.26. The van der Waals surface area contributed by atoms with Crippen LogP contribution in [0.3, 0.4) is 0 Å². The molecule has 1 N–H and O–H groups in total. The molecule has 6 nitrogen and oxygen atoms in total. The Balaban J connectivity index is 1.37. The van der Waals surface area contributed by atoms with Gasteiger partial charge >= 0.3 is 6.09 Å². The fourth-order valence-electron chi connectivity index (χ4n) is 4.15. The molecule has 0 radical (unpaired) electrons. The number of ether oxygens (including phenoxy) is 1. The van der Waals surface area contributed by atoms with Gasteiger partial charge in [-0.2, -0.15) is 5.26 Å². The van der Waals surface area contributed by atoms with Gasteiger partial charge in [-0.05, 0) is 71.0 Å². The highest BCUT2D eigenvalue weighted by Crippen LogP contribution is 2.24. The lowest BCUT2D eigenvalue weighted by molar-refractivity contribution is 0.0183. The predicted molar refractivity (Wildman–Crippen MR) is 115 cm³/mol. The van der Waals surface area contributed by atoms with Crippen molar-refractivity contribution in [2.45, 2.75) is 58.1 Å². The van der Waals surface area contributed by atoms with Crippen LogP contribution in [0, 0.1) is 17.2 Å². The SMILES string of the molecule is CC(C)(C)OC(=O)N1CCC(CNC2CCN(c3ccccc3C#N)CC2)CC1. The van der Waals surface area contributed by atoms with Crippen LogP contribution in [-0.2, 0) is 4.74 Å². The minimum atomic E-state index is -0.432. The monoisotopic (exact) mass is 398 g/mol. The Bertz CT molecular complexity index is 721. The third-order valence-electron chi connectivity index (χ3n) is 5.82. The summed E-state index contributed by atoms with van der Waals surface area (Å²) in [5.41, 5.74) is 1.39. The molecule has 3 rings (SSSR count). The van der Waals surface area contributed by atoms with Crippen molar-refractivity contribution in [1.82, 2.24) is 10.2 Å². The molecular formula is C23H34N4O2. The van der Waals surface area contributed by atoms with E-state index >= 15 is 0 Å². The maximum absolute atomic E-state index is 12.2. The fourth-order valence-corrected chi connectivity index (χ4v) is 4.15. The van der Waals surface area contributed by atoms with E-state index in [0.29, 0.717) is 12.0 Å². The molecule has 0 saturated carbocycles. The number of benzene rings is 1. The van der Waals surface area contributed by atoms with Crippen LogP contribution in [0.15, 0.2) is 24.3 Å². The Morgan fingerprint density at radius 3 is 2.41 bits per heavy atom. The first-order chi connectivity index (χ1) is 13.9. The molecule has 0 bridgehead atoms. The number of nitrogens with one attached hydrogen (secondary N) is 1. The lowest BCUT2D eigenvalue weighted by atomic mass is 9.95. The molecule has 0 aliphatic carbocycles. The van der Waals surface area contributed by atoms with Crippen LogP contribution in [0.25, 0.3) is 0 Å². The van der Waals surface area contributed by atoms with Gasteiger partial charge in [0, 0.05) is 32.2 Å². The van der Waals surface area contributed by atoms with Gasteiger partial charge in [-0.25, -0.2) is 4.79 Å². The van der Waals surface area contributed by atoms with Crippen LogP contribution in [0.5, 0.6) is 0 Å². The molecule has 29 heavy (non-hydrogen) atoms. The number of hydrogen-bond donors (Lipinski definition) is 1. The third-order valence-corrected chi connectivity index (χ3v) is 5.82. The van der Waals surface area contributed by atoms with Crippen LogP contribution in [-0.4, -0.2) is 55.4 Å². The lowest BCUT2D eigenvalue weighted by Gasteiger charge is -2.36. The molecule has 2 saturated heterocycles. The Morgan fingerprint density at radius 1 is 1.14 bits per heavy atom. The number of piperidine rings is 2. The van der Waals surface area contributed by atoms with E-state index < -0.39 is 5.60 Å². The molecule has 2 aliphatic heterocycles. The molecule has 1 amide bonds. The molecule has 0 atom stereocenters. The van der Waals surface area contributed by atoms with Crippen molar-refractivity contribution in [3.05, 3.63) is 29.8 Å². The summed E-state index contributed by atoms with van der Waals surface area (Å²) in [6.07, 6.45) is 4.06. The van der Waals surface area contributed by atoms with E-state index in [-0.39, 0.29) is 6.09 Å². The number of nitriles is 1. The Morgan fingerprint density at radius 2 is 1.79 bits per heavy atom. The summed E-state index contributed by atoms with van der Waals surface area (Å²) in [6.45, 7) is 10.3. The Labute approximate surface area is 174 Å². The number of carbonyl (C=O) groups is 1. The summed E-state index contributed by atoms with van der Waals surface area (Å²) < 4.78 is 5.48. The molecule has 6 heteroatoms.